The number of unbranched alkanes of at least 4 members (excludes halogenated alkanes) is 3. The van der Waals surface area contributed by atoms with Crippen LogP contribution >= 0.6 is 0 Å². The van der Waals surface area contributed by atoms with Gasteiger partial charge in [-0.3, -0.25) is 4.90 Å². The summed E-state index contributed by atoms with van der Waals surface area (Å²) in [6, 6.07) is 18.8. The first-order chi connectivity index (χ1) is 15.0. The molecule has 0 spiro atoms. The average molecular weight is 430 g/mol. The van der Waals surface area contributed by atoms with E-state index < -0.39 is 24.4 Å². The van der Waals surface area contributed by atoms with Gasteiger partial charge in [-0.2, -0.15) is 0 Å². The minimum atomic E-state index is -1.30. The Balaban J connectivity index is 1.26. The molecule has 1 aliphatic rings. The summed E-state index contributed by atoms with van der Waals surface area (Å²) in [6.07, 6.45) is -0.666. The van der Waals surface area contributed by atoms with Gasteiger partial charge in [0.05, 0.1) is 18.8 Å². The van der Waals surface area contributed by atoms with Crippen LogP contribution in [0, 0.1) is 0 Å². The lowest BCUT2D eigenvalue weighted by Crippen LogP contribution is -2.43. The zero-order valence-electron chi connectivity index (χ0n) is 18.0. The first-order valence-electron chi connectivity index (χ1n) is 11.2. The van der Waals surface area contributed by atoms with Gasteiger partial charge >= 0.3 is 0 Å². The Kier molecular flexibility index (Phi) is 9.46. The maximum Gasteiger partial charge on any atom is 0.110 e. The summed E-state index contributed by atoms with van der Waals surface area (Å²) in [5.41, 5.74) is 3.59. The summed E-state index contributed by atoms with van der Waals surface area (Å²) in [7, 11) is 0. The summed E-state index contributed by atoms with van der Waals surface area (Å²) < 4.78 is 5.80. The van der Waals surface area contributed by atoms with Crippen molar-refractivity contribution in [1.29, 1.82) is 0 Å². The quantitative estimate of drug-likeness (QED) is 0.433. The lowest BCUT2D eigenvalue weighted by atomic mass is 10.0. The standard InChI is InChI=1S/C25H35NO5/c27-22-16-26(17-23(28)25(30)24(22)29)14-6-1-2-7-15-31-18-19-10-12-21(13-11-19)20-8-4-3-5-9-20/h3-5,8-13,22-25,27-30H,1-2,6-7,14-18H2/t22-,23-,24+,25+/m0/s1. The predicted molar refractivity (Wildman–Crippen MR) is 120 cm³/mol. The van der Waals surface area contributed by atoms with Crippen LogP contribution in [0.2, 0.25) is 0 Å². The lowest BCUT2D eigenvalue weighted by Gasteiger charge is -2.23. The highest BCUT2D eigenvalue weighted by atomic mass is 16.5. The van der Waals surface area contributed by atoms with E-state index in [0.717, 1.165) is 38.8 Å². The highest BCUT2D eigenvalue weighted by Gasteiger charge is 2.35. The third-order valence-electron chi connectivity index (χ3n) is 5.87. The van der Waals surface area contributed by atoms with E-state index in [1.54, 1.807) is 0 Å². The molecule has 0 amide bonds. The van der Waals surface area contributed by atoms with Gasteiger partial charge in [0.25, 0.3) is 0 Å². The molecule has 3 rings (SSSR count). The highest BCUT2D eigenvalue weighted by molar-refractivity contribution is 5.63. The van der Waals surface area contributed by atoms with Crippen LogP contribution in [-0.2, 0) is 11.3 Å². The molecule has 1 aliphatic heterocycles. The lowest BCUT2D eigenvalue weighted by molar-refractivity contribution is -0.0894. The van der Waals surface area contributed by atoms with Crippen molar-refractivity contribution in [2.75, 3.05) is 26.2 Å². The fraction of sp³-hybridized carbons (Fsp3) is 0.520. The summed E-state index contributed by atoms with van der Waals surface area (Å²) in [4.78, 5) is 1.91. The van der Waals surface area contributed by atoms with Crippen molar-refractivity contribution in [3.63, 3.8) is 0 Å². The van der Waals surface area contributed by atoms with Crippen LogP contribution in [0.3, 0.4) is 0 Å². The zero-order valence-corrected chi connectivity index (χ0v) is 18.0. The topological polar surface area (TPSA) is 93.4 Å². The second kappa shape index (κ2) is 12.3. The molecular weight excluding hydrogens is 394 g/mol. The van der Waals surface area contributed by atoms with Gasteiger partial charge in [-0.1, -0.05) is 67.4 Å². The third kappa shape index (κ3) is 7.38. The monoisotopic (exact) mass is 429 g/mol. The number of rotatable bonds is 10. The van der Waals surface area contributed by atoms with Crippen LogP contribution < -0.4 is 0 Å². The minimum absolute atomic E-state index is 0.265. The maximum atomic E-state index is 9.90. The van der Waals surface area contributed by atoms with Gasteiger partial charge in [0.1, 0.15) is 12.2 Å². The molecule has 0 bridgehead atoms. The molecule has 2 aromatic carbocycles. The smallest absolute Gasteiger partial charge is 0.110 e. The molecule has 0 radical (unpaired) electrons. The molecule has 1 heterocycles. The third-order valence-corrected chi connectivity index (χ3v) is 5.87. The molecule has 170 valence electrons. The second-order valence-corrected chi connectivity index (χ2v) is 8.41. The Hall–Kier alpha value is -1.80. The van der Waals surface area contributed by atoms with E-state index in [1.165, 1.54) is 16.7 Å². The zero-order chi connectivity index (χ0) is 22.1. The Labute approximate surface area is 184 Å². The number of β-amino-alcohol motifs (C(OH)–C–C–N with tert-alkyl or cyclic N) is 2. The van der Waals surface area contributed by atoms with Crippen LogP contribution in [0.5, 0.6) is 0 Å². The van der Waals surface area contributed by atoms with Crippen LogP contribution in [0.4, 0.5) is 0 Å². The summed E-state index contributed by atoms with van der Waals surface area (Å²) in [5, 5.41) is 39.3. The number of hydrogen-bond acceptors (Lipinski definition) is 6. The molecule has 6 heteroatoms. The first kappa shape index (κ1) is 23.9. The van der Waals surface area contributed by atoms with E-state index in [9.17, 15) is 20.4 Å². The van der Waals surface area contributed by atoms with Crippen LogP contribution in [-0.4, -0.2) is 76.0 Å². The van der Waals surface area contributed by atoms with Crippen molar-refractivity contribution in [2.45, 2.75) is 56.7 Å². The van der Waals surface area contributed by atoms with Gasteiger partial charge in [0.2, 0.25) is 0 Å². The Morgan fingerprint density at radius 1 is 0.710 bits per heavy atom. The highest BCUT2D eigenvalue weighted by Crippen LogP contribution is 2.19. The molecule has 1 saturated heterocycles. The average Bonchev–Trinajstić information content (AvgIpc) is 2.88. The number of likely N-dealkylation sites (tertiary alicyclic amines) is 1. The molecule has 2 aromatic rings. The summed E-state index contributed by atoms with van der Waals surface area (Å²) in [6.45, 7) is 2.59. The van der Waals surface area contributed by atoms with Gasteiger partial charge in [-0.25, -0.2) is 0 Å². The molecule has 6 nitrogen and oxygen atoms in total. The van der Waals surface area contributed by atoms with E-state index in [4.69, 9.17) is 4.74 Å². The van der Waals surface area contributed by atoms with Gasteiger partial charge in [0, 0.05) is 19.7 Å². The maximum absolute atomic E-state index is 9.90. The molecule has 31 heavy (non-hydrogen) atoms. The van der Waals surface area contributed by atoms with Gasteiger partial charge in [-0.15, -0.1) is 0 Å². The normalized spacial score (nSPS) is 24.8. The van der Waals surface area contributed by atoms with E-state index in [2.05, 4.69) is 36.4 Å². The Bertz CT molecular complexity index is 738. The number of ether oxygens (including phenoxy) is 1. The number of nitrogens with zero attached hydrogens (tertiary/aromatic N) is 1. The molecule has 0 aliphatic carbocycles. The molecule has 0 saturated carbocycles. The van der Waals surface area contributed by atoms with E-state index in [-0.39, 0.29) is 13.1 Å². The molecule has 0 unspecified atom stereocenters. The Morgan fingerprint density at radius 2 is 1.29 bits per heavy atom. The fourth-order valence-corrected chi connectivity index (χ4v) is 3.96. The van der Waals surface area contributed by atoms with Crippen molar-refractivity contribution in [2.24, 2.45) is 0 Å². The molecule has 1 fully saturated rings. The van der Waals surface area contributed by atoms with Crippen LogP contribution in [0.1, 0.15) is 31.2 Å². The summed E-state index contributed by atoms with van der Waals surface area (Å²) >= 11 is 0. The van der Waals surface area contributed by atoms with Crippen LogP contribution in [0.25, 0.3) is 11.1 Å². The van der Waals surface area contributed by atoms with Crippen molar-refractivity contribution in [3.05, 3.63) is 60.2 Å². The molecule has 0 aromatic heterocycles. The number of benzene rings is 2. The second-order valence-electron chi connectivity index (χ2n) is 8.41. The van der Waals surface area contributed by atoms with Crippen molar-refractivity contribution in [3.8, 4) is 11.1 Å². The van der Waals surface area contributed by atoms with Gasteiger partial charge in [0.15, 0.2) is 0 Å². The number of aliphatic hydroxyl groups is 4. The van der Waals surface area contributed by atoms with Crippen LogP contribution in [0.15, 0.2) is 54.6 Å². The van der Waals surface area contributed by atoms with Gasteiger partial charge < -0.3 is 25.2 Å². The predicted octanol–water partition coefficient (Wildman–Crippen LogP) is 2.19. The van der Waals surface area contributed by atoms with Crippen molar-refractivity contribution in [1.82, 2.24) is 4.90 Å². The molecule has 4 atom stereocenters. The van der Waals surface area contributed by atoms with E-state index >= 15 is 0 Å². The van der Waals surface area contributed by atoms with E-state index in [1.807, 2.05) is 23.1 Å². The molecule has 4 N–H and O–H groups in total. The van der Waals surface area contributed by atoms with Crippen molar-refractivity contribution < 1.29 is 25.2 Å². The largest absolute Gasteiger partial charge is 0.389 e. The van der Waals surface area contributed by atoms with Gasteiger partial charge in [-0.05, 0) is 36.1 Å². The Morgan fingerprint density at radius 3 is 1.94 bits per heavy atom. The SMILES string of the molecule is O[C@H]1[C@H](O)[C@@H](O)CN(CCCCCCOCc2ccc(-c3ccccc3)cc2)C[C@@H]1O. The van der Waals surface area contributed by atoms with E-state index in [0.29, 0.717) is 6.61 Å². The number of hydrogen-bond donors (Lipinski definition) is 4. The fourth-order valence-electron chi connectivity index (χ4n) is 3.96. The number of aliphatic hydroxyl groups excluding tert-OH is 4. The minimum Gasteiger partial charge on any atom is -0.389 e. The first-order valence-corrected chi connectivity index (χ1v) is 11.2. The van der Waals surface area contributed by atoms with Crippen molar-refractivity contribution >= 4 is 0 Å². The summed E-state index contributed by atoms with van der Waals surface area (Å²) in [5.74, 6) is 0. The molecular formula is C25H35NO5.